The number of carbonyl (C=O) groups is 2. The van der Waals surface area contributed by atoms with Crippen molar-refractivity contribution in [3.63, 3.8) is 0 Å². The maximum absolute atomic E-state index is 12.5. The van der Waals surface area contributed by atoms with Crippen LogP contribution < -0.4 is 5.32 Å². The number of hydrogen-bond donors (Lipinski definition) is 1. The Bertz CT molecular complexity index is 927. The first-order valence-electron chi connectivity index (χ1n) is 8.60. The van der Waals surface area contributed by atoms with E-state index in [1.54, 1.807) is 7.05 Å². The van der Waals surface area contributed by atoms with Crippen molar-refractivity contribution in [3.8, 4) is 0 Å². The molecule has 4 nitrogen and oxygen atoms in total. The second-order valence-electron chi connectivity index (χ2n) is 6.48. The van der Waals surface area contributed by atoms with Gasteiger partial charge in [0.1, 0.15) is 0 Å². The number of likely N-dealkylation sites (N-methyl/N-ethyl adjacent to an activating group) is 1. The largest absolute Gasteiger partial charge is 0.336 e. The molecule has 0 spiro atoms. The van der Waals surface area contributed by atoms with Crippen LogP contribution in [0.25, 0.3) is 10.8 Å². The Morgan fingerprint density at radius 1 is 0.923 bits per heavy atom. The van der Waals surface area contributed by atoms with Crippen molar-refractivity contribution in [3.05, 3.63) is 77.9 Å². The Hall–Kier alpha value is -3.14. The van der Waals surface area contributed by atoms with Gasteiger partial charge in [0.25, 0.3) is 0 Å². The molecule has 3 rings (SSSR count). The van der Waals surface area contributed by atoms with Crippen molar-refractivity contribution in [1.82, 2.24) is 4.90 Å². The third-order valence-corrected chi connectivity index (χ3v) is 4.36. The number of carbonyl (C=O) groups excluding carboxylic acids is 2. The van der Waals surface area contributed by atoms with Crippen LogP contribution in [0.2, 0.25) is 0 Å². The van der Waals surface area contributed by atoms with Gasteiger partial charge in [0.2, 0.25) is 11.8 Å². The van der Waals surface area contributed by atoms with Gasteiger partial charge in [-0.1, -0.05) is 60.2 Å². The number of rotatable bonds is 5. The lowest BCUT2D eigenvalue weighted by molar-refractivity contribution is -0.132. The highest BCUT2D eigenvalue weighted by Gasteiger charge is 2.15. The summed E-state index contributed by atoms with van der Waals surface area (Å²) < 4.78 is 0. The highest BCUT2D eigenvalue weighted by molar-refractivity contribution is 5.95. The lowest BCUT2D eigenvalue weighted by atomic mass is 10.0. The summed E-state index contributed by atoms with van der Waals surface area (Å²) in [5.74, 6) is -0.289. The summed E-state index contributed by atoms with van der Waals surface area (Å²) in [5.41, 5.74) is 2.83. The summed E-state index contributed by atoms with van der Waals surface area (Å²) in [6.07, 6.45) is 0.273. The second kappa shape index (κ2) is 7.83. The number of aryl methyl sites for hydroxylation is 1. The van der Waals surface area contributed by atoms with E-state index >= 15 is 0 Å². The first kappa shape index (κ1) is 17.7. The maximum atomic E-state index is 12.5. The molecular weight excluding hydrogens is 324 g/mol. The topological polar surface area (TPSA) is 49.4 Å². The molecule has 0 saturated carbocycles. The molecule has 0 fully saturated rings. The predicted octanol–water partition coefficient (Wildman–Crippen LogP) is 3.79. The van der Waals surface area contributed by atoms with E-state index in [-0.39, 0.29) is 24.8 Å². The molecule has 0 atom stereocenters. The molecule has 1 N–H and O–H groups in total. The summed E-state index contributed by atoms with van der Waals surface area (Å²) in [7, 11) is 1.65. The number of fused-ring (bicyclic) bond motifs is 1. The van der Waals surface area contributed by atoms with E-state index in [1.165, 1.54) is 4.90 Å². The molecule has 26 heavy (non-hydrogen) atoms. The van der Waals surface area contributed by atoms with Gasteiger partial charge in [0.05, 0.1) is 13.0 Å². The minimum atomic E-state index is -0.206. The molecule has 0 aromatic heterocycles. The van der Waals surface area contributed by atoms with Crippen LogP contribution in [0.15, 0.2) is 66.7 Å². The maximum Gasteiger partial charge on any atom is 0.243 e. The fraction of sp³-hybridized carbons (Fsp3) is 0.182. The Balaban J connectivity index is 1.62. The molecule has 0 heterocycles. The molecule has 132 valence electrons. The van der Waals surface area contributed by atoms with Crippen molar-refractivity contribution in [2.45, 2.75) is 13.3 Å². The zero-order valence-electron chi connectivity index (χ0n) is 15.0. The Morgan fingerprint density at radius 3 is 2.38 bits per heavy atom. The van der Waals surface area contributed by atoms with E-state index in [4.69, 9.17) is 0 Å². The van der Waals surface area contributed by atoms with E-state index in [2.05, 4.69) is 5.32 Å². The van der Waals surface area contributed by atoms with Crippen LogP contribution in [0.4, 0.5) is 5.69 Å². The zero-order chi connectivity index (χ0) is 18.5. The van der Waals surface area contributed by atoms with Crippen molar-refractivity contribution in [2.24, 2.45) is 0 Å². The molecule has 2 amide bonds. The number of nitrogens with one attached hydrogen (secondary N) is 1. The summed E-state index contributed by atoms with van der Waals surface area (Å²) >= 11 is 0. The molecule has 0 unspecified atom stereocenters. The lowest BCUT2D eigenvalue weighted by Gasteiger charge is -2.17. The minimum Gasteiger partial charge on any atom is -0.336 e. The monoisotopic (exact) mass is 346 g/mol. The SMILES string of the molecule is Cc1ccc(NC(=O)CN(C)C(=O)Cc2cccc3ccccc23)cc1. The molecule has 0 saturated heterocycles. The molecule has 0 aliphatic heterocycles. The van der Waals surface area contributed by atoms with Crippen molar-refractivity contribution in [1.29, 1.82) is 0 Å². The third-order valence-electron chi connectivity index (χ3n) is 4.36. The number of anilines is 1. The number of hydrogen-bond acceptors (Lipinski definition) is 2. The van der Waals surface area contributed by atoms with Crippen molar-refractivity contribution < 1.29 is 9.59 Å². The van der Waals surface area contributed by atoms with Gasteiger partial charge in [-0.05, 0) is 35.4 Å². The zero-order valence-corrected chi connectivity index (χ0v) is 15.0. The fourth-order valence-corrected chi connectivity index (χ4v) is 2.89. The minimum absolute atomic E-state index is 0.0253. The summed E-state index contributed by atoms with van der Waals surface area (Å²) in [6.45, 7) is 2.02. The molecule has 0 radical (unpaired) electrons. The van der Waals surface area contributed by atoms with Crippen molar-refractivity contribution >= 4 is 28.3 Å². The number of nitrogens with zero attached hydrogens (tertiary/aromatic N) is 1. The van der Waals surface area contributed by atoms with Gasteiger partial charge >= 0.3 is 0 Å². The van der Waals surface area contributed by atoms with Gasteiger partial charge < -0.3 is 10.2 Å². The highest BCUT2D eigenvalue weighted by Crippen LogP contribution is 2.19. The molecule has 3 aromatic carbocycles. The van der Waals surface area contributed by atoms with Crippen LogP contribution in [0, 0.1) is 6.92 Å². The smallest absolute Gasteiger partial charge is 0.243 e. The standard InChI is InChI=1S/C22H22N2O2/c1-16-10-12-19(13-11-16)23-21(25)15-24(2)22(26)14-18-8-5-7-17-6-3-4-9-20(17)18/h3-13H,14-15H2,1-2H3,(H,23,25). The second-order valence-corrected chi connectivity index (χ2v) is 6.48. The first-order chi connectivity index (χ1) is 12.5. The summed E-state index contributed by atoms with van der Waals surface area (Å²) in [4.78, 5) is 26.2. The Labute approximate surface area is 153 Å². The van der Waals surface area contributed by atoms with Crippen LogP contribution in [-0.2, 0) is 16.0 Å². The molecule has 0 bridgehead atoms. The predicted molar refractivity (Wildman–Crippen MR) is 105 cm³/mol. The van der Waals surface area contributed by atoms with Crippen LogP contribution in [0.3, 0.4) is 0 Å². The van der Waals surface area contributed by atoms with E-state index in [1.807, 2.05) is 73.7 Å². The van der Waals surface area contributed by atoms with Gasteiger partial charge in [0, 0.05) is 12.7 Å². The van der Waals surface area contributed by atoms with E-state index in [0.29, 0.717) is 0 Å². The molecule has 0 aliphatic carbocycles. The van der Waals surface area contributed by atoms with Gasteiger partial charge in [0.15, 0.2) is 0 Å². The van der Waals surface area contributed by atoms with Crippen LogP contribution in [0.5, 0.6) is 0 Å². The van der Waals surface area contributed by atoms with E-state index < -0.39 is 0 Å². The normalized spacial score (nSPS) is 10.5. The summed E-state index contributed by atoms with van der Waals surface area (Å²) in [5, 5.41) is 4.99. The first-order valence-corrected chi connectivity index (χ1v) is 8.60. The fourth-order valence-electron chi connectivity index (χ4n) is 2.89. The average Bonchev–Trinajstić information content (AvgIpc) is 2.64. The van der Waals surface area contributed by atoms with E-state index in [0.717, 1.165) is 27.6 Å². The Morgan fingerprint density at radius 2 is 1.62 bits per heavy atom. The van der Waals surface area contributed by atoms with Gasteiger partial charge in [-0.15, -0.1) is 0 Å². The van der Waals surface area contributed by atoms with Gasteiger partial charge in [-0.25, -0.2) is 0 Å². The Kier molecular flexibility index (Phi) is 5.32. The van der Waals surface area contributed by atoms with Gasteiger partial charge in [-0.2, -0.15) is 0 Å². The quantitative estimate of drug-likeness (QED) is 0.764. The number of benzene rings is 3. The molecule has 4 heteroatoms. The van der Waals surface area contributed by atoms with Crippen LogP contribution in [0.1, 0.15) is 11.1 Å². The lowest BCUT2D eigenvalue weighted by Crippen LogP contribution is -2.35. The third kappa shape index (κ3) is 4.28. The van der Waals surface area contributed by atoms with Crippen LogP contribution in [-0.4, -0.2) is 30.3 Å². The van der Waals surface area contributed by atoms with Crippen LogP contribution >= 0.6 is 0 Å². The summed E-state index contributed by atoms with van der Waals surface area (Å²) in [6, 6.07) is 21.5. The average molecular weight is 346 g/mol. The molecule has 3 aromatic rings. The molecular formula is C22H22N2O2. The van der Waals surface area contributed by atoms with E-state index in [9.17, 15) is 9.59 Å². The number of amides is 2. The van der Waals surface area contributed by atoms with Gasteiger partial charge in [-0.3, -0.25) is 9.59 Å². The molecule has 0 aliphatic rings. The van der Waals surface area contributed by atoms with Crippen molar-refractivity contribution in [2.75, 3.05) is 18.9 Å². The highest BCUT2D eigenvalue weighted by atomic mass is 16.2.